The molecule has 8 heteroatoms. The Morgan fingerprint density at radius 2 is 1.95 bits per heavy atom. The summed E-state index contributed by atoms with van der Waals surface area (Å²) in [4.78, 5) is 11.3. The van der Waals surface area contributed by atoms with Gasteiger partial charge in [-0.25, -0.2) is 4.79 Å². The van der Waals surface area contributed by atoms with Crippen molar-refractivity contribution in [1.82, 2.24) is 0 Å². The average Bonchev–Trinajstić information content (AvgIpc) is 2.82. The van der Waals surface area contributed by atoms with E-state index >= 15 is 0 Å². The molecule has 4 fully saturated rings. The summed E-state index contributed by atoms with van der Waals surface area (Å²) < 4.78 is 60.5. The number of hydrogen-bond acceptors (Lipinski definition) is 4. The minimum atomic E-state index is -5.78. The van der Waals surface area contributed by atoms with Crippen LogP contribution >= 0.6 is 0 Å². The molecule has 4 aliphatic rings. The highest BCUT2D eigenvalue weighted by Crippen LogP contribution is 2.86. The van der Waals surface area contributed by atoms with Crippen molar-refractivity contribution < 1.29 is 31.3 Å². The molecular weight excluding hydrogens is 306 g/mol. The predicted molar refractivity (Wildman–Crippen MR) is 65.9 cm³/mol. The van der Waals surface area contributed by atoms with E-state index in [-0.39, 0.29) is 17.4 Å². The zero-order chi connectivity index (χ0) is 15.3. The molecule has 5 atom stereocenters. The second-order valence-corrected chi connectivity index (χ2v) is 8.70. The minimum absolute atomic E-state index is 0.152. The Hall–Kier alpha value is -0.760. The van der Waals surface area contributed by atoms with Gasteiger partial charge in [-0.15, -0.1) is 0 Å². The Balaban J connectivity index is 1.48. The summed E-state index contributed by atoms with van der Waals surface area (Å²) in [6.45, 7) is -0.152. The summed E-state index contributed by atoms with van der Waals surface area (Å²) in [6, 6.07) is 0. The summed E-state index contributed by atoms with van der Waals surface area (Å²) in [5, 5.41) is -4.89. The molecule has 0 aliphatic heterocycles. The van der Waals surface area contributed by atoms with Gasteiger partial charge in [0.05, 0.1) is 6.61 Å². The monoisotopic (exact) mass is 322 g/mol. The molecule has 5 nitrogen and oxygen atoms in total. The molecule has 2 bridgehead atoms. The van der Waals surface area contributed by atoms with Crippen LogP contribution in [0.4, 0.5) is 8.78 Å². The van der Waals surface area contributed by atoms with Gasteiger partial charge in [0.2, 0.25) is 0 Å². The first-order valence-corrected chi connectivity index (χ1v) is 8.58. The van der Waals surface area contributed by atoms with Gasteiger partial charge < -0.3 is 4.74 Å². The maximum atomic E-state index is 13.2. The van der Waals surface area contributed by atoms with Crippen LogP contribution in [0.15, 0.2) is 0 Å². The summed E-state index contributed by atoms with van der Waals surface area (Å²) in [5.74, 6) is -0.340. The van der Waals surface area contributed by atoms with Crippen LogP contribution in [0.1, 0.15) is 32.1 Å². The molecule has 0 radical (unpaired) electrons. The molecule has 4 rings (SSSR count). The van der Waals surface area contributed by atoms with Gasteiger partial charge in [0.1, 0.15) is 0 Å². The molecule has 5 unspecified atom stereocenters. The summed E-state index contributed by atoms with van der Waals surface area (Å²) in [5.41, 5.74) is -0.0697. The number of hydrogen-bond donors (Lipinski definition) is 1. The smallest absolute Gasteiger partial charge is 0.460 e. The van der Waals surface area contributed by atoms with Crippen LogP contribution in [-0.4, -0.2) is 30.8 Å². The molecule has 1 N–H and O–H groups in total. The maximum absolute atomic E-state index is 13.2. The van der Waals surface area contributed by atoms with E-state index in [0.29, 0.717) is 17.8 Å². The van der Waals surface area contributed by atoms with Crippen LogP contribution in [0.5, 0.6) is 0 Å². The van der Waals surface area contributed by atoms with Crippen LogP contribution < -0.4 is 0 Å². The van der Waals surface area contributed by atoms with Crippen LogP contribution in [0, 0.1) is 28.6 Å². The lowest BCUT2D eigenvalue weighted by Crippen LogP contribution is -2.68. The van der Waals surface area contributed by atoms with Crippen molar-refractivity contribution in [3.63, 3.8) is 0 Å². The summed E-state index contributed by atoms with van der Waals surface area (Å²) in [7, 11) is -5.78. The van der Waals surface area contributed by atoms with Crippen LogP contribution in [-0.2, 0) is 19.6 Å². The fourth-order valence-electron chi connectivity index (χ4n) is 6.05. The van der Waals surface area contributed by atoms with Crippen molar-refractivity contribution in [2.24, 2.45) is 28.6 Å². The number of halogens is 2. The Kier molecular flexibility index (Phi) is 2.37. The summed E-state index contributed by atoms with van der Waals surface area (Å²) in [6.07, 6.45) is 5.23. The number of carbonyl (C=O) groups is 1. The van der Waals surface area contributed by atoms with Gasteiger partial charge in [0.15, 0.2) is 0 Å². The van der Waals surface area contributed by atoms with E-state index in [9.17, 15) is 22.0 Å². The lowest BCUT2D eigenvalue weighted by Gasteiger charge is -2.72. The standard InChI is InChI=1S/C13H16F2O5S/c14-13(15,21(17,18)19)10(16)20-6-11-3-7-1-8-2-9(5-11)12(8,11)4-7/h7-9H,1-6H2,(H,17,18,19). The molecule has 0 aromatic rings. The highest BCUT2D eigenvalue weighted by molar-refractivity contribution is 7.87. The van der Waals surface area contributed by atoms with Gasteiger partial charge in [-0.3, -0.25) is 4.55 Å². The predicted octanol–water partition coefficient (Wildman–Crippen LogP) is 1.84. The molecule has 4 aliphatic carbocycles. The first-order valence-electron chi connectivity index (χ1n) is 7.14. The third kappa shape index (κ3) is 1.39. The molecule has 118 valence electrons. The van der Waals surface area contributed by atoms with Crippen LogP contribution in [0.25, 0.3) is 0 Å². The van der Waals surface area contributed by atoms with Gasteiger partial charge in [-0.05, 0) is 55.3 Å². The van der Waals surface area contributed by atoms with Gasteiger partial charge >= 0.3 is 21.3 Å². The van der Waals surface area contributed by atoms with Crippen molar-refractivity contribution in [2.75, 3.05) is 6.61 Å². The Labute approximate surface area is 120 Å². The first kappa shape index (κ1) is 13.9. The number of alkyl halides is 2. The van der Waals surface area contributed by atoms with E-state index in [1.54, 1.807) is 0 Å². The molecule has 0 saturated heterocycles. The van der Waals surface area contributed by atoms with Gasteiger partial charge in [0, 0.05) is 5.41 Å². The largest absolute Gasteiger partial charge is 0.465 e. The Bertz CT molecular complexity index is 632. The van der Waals surface area contributed by atoms with E-state index in [1.165, 1.54) is 12.8 Å². The van der Waals surface area contributed by atoms with Gasteiger partial charge in [-0.2, -0.15) is 17.2 Å². The van der Waals surface area contributed by atoms with E-state index in [1.807, 2.05) is 0 Å². The number of fused-ring (bicyclic) bond motifs is 1. The summed E-state index contributed by atoms with van der Waals surface area (Å²) >= 11 is 0. The number of ether oxygens (including phenoxy) is 1. The fourth-order valence-corrected chi connectivity index (χ4v) is 6.31. The zero-order valence-corrected chi connectivity index (χ0v) is 12.0. The molecular formula is C13H16F2O5S. The molecule has 0 aromatic carbocycles. The molecule has 0 aromatic heterocycles. The van der Waals surface area contributed by atoms with Crippen molar-refractivity contribution in [1.29, 1.82) is 0 Å². The fraction of sp³-hybridized carbons (Fsp3) is 0.923. The number of rotatable bonds is 4. The number of esters is 1. The normalized spacial score (nSPS) is 46.5. The molecule has 21 heavy (non-hydrogen) atoms. The Morgan fingerprint density at radius 3 is 2.52 bits per heavy atom. The quantitative estimate of drug-likeness (QED) is 0.631. The van der Waals surface area contributed by atoms with Crippen LogP contribution in [0.2, 0.25) is 0 Å². The van der Waals surface area contributed by atoms with Crippen molar-refractivity contribution in [3.05, 3.63) is 0 Å². The second kappa shape index (κ2) is 3.59. The van der Waals surface area contributed by atoms with E-state index in [4.69, 9.17) is 4.55 Å². The maximum Gasteiger partial charge on any atom is 0.465 e. The van der Waals surface area contributed by atoms with Crippen molar-refractivity contribution >= 4 is 16.1 Å². The Morgan fingerprint density at radius 1 is 1.24 bits per heavy atom. The van der Waals surface area contributed by atoms with Crippen molar-refractivity contribution in [3.8, 4) is 0 Å². The van der Waals surface area contributed by atoms with E-state index in [0.717, 1.165) is 19.3 Å². The van der Waals surface area contributed by atoms with Crippen molar-refractivity contribution in [2.45, 2.75) is 37.4 Å². The third-order valence-corrected chi connectivity index (χ3v) is 7.43. The van der Waals surface area contributed by atoms with Crippen LogP contribution in [0.3, 0.4) is 0 Å². The first-order chi connectivity index (χ1) is 9.62. The third-order valence-electron chi connectivity index (χ3n) is 6.62. The SMILES string of the molecule is O=C(OCC12CC3CC4CC(C1)C42C3)C(F)(F)S(=O)(=O)O. The molecule has 0 amide bonds. The molecule has 1 spiro atoms. The molecule has 4 saturated carbocycles. The lowest BCUT2D eigenvalue weighted by atomic mass is 9.32. The van der Waals surface area contributed by atoms with Gasteiger partial charge in [0.25, 0.3) is 0 Å². The highest BCUT2D eigenvalue weighted by Gasteiger charge is 2.80. The van der Waals surface area contributed by atoms with Gasteiger partial charge in [-0.1, -0.05) is 0 Å². The lowest BCUT2D eigenvalue weighted by molar-refractivity contribution is -0.262. The van der Waals surface area contributed by atoms with E-state index < -0.39 is 21.3 Å². The molecule has 0 heterocycles. The topological polar surface area (TPSA) is 80.7 Å². The average molecular weight is 322 g/mol. The zero-order valence-electron chi connectivity index (χ0n) is 11.2. The minimum Gasteiger partial charge on any atom is -0.460 e. The number of carbonyl (C=O) groups excluding carboxylic acids is 1. The van der Waals surface area contributed by atoms with E-state index in [2.05, 4.69) is 4.74 Å². The highest BCUT2D eigenvalue weighted by atomic mass is 32.2. The second-order valence-electron chi connectivity index (χ2n) is 7.23.